The molecule has 186 valence electrons. The van der Waals surface area contributed by atoms with Crippen molar-refractivity contribution in [3.63, 3.8) is 0 Å². The molecule has 0 heterocycles. The minimum atomic E-state index is -0.844. The molecule has 0 aromatic heterocycles. The second kappa shape index (κ2) is 8.58. The van der Waals surface area contributed by atoms with E-state index in [1.807, 2.05) is 6.92 Å². The van der Waals surface area contributed by atoms with Crippen molar-refractivity contribution in [3.05, 3.63) is 34.9 Å². The average Bonchev–Trinajstić information content (AvgIpc) is 3.11. The summed E-state index contributed by atoms with van der Waals surface area (Å²) >= 11 is 0. The third-order valence-electron chi connectivity index (χ3n) is 10.2. The average molecular weight is 469 g/mol. The Labute approximate surface area is 203 Å². The van der Waals surface area contributed by atoms with Gasteiger partial charge in [-0.05, 0) is 67.9 Å². The van der Waals surface area contributed by atoms with Gasteiger partial charge in [0.1, 0.15) is 5.78 Å². The zero-order chi connectivity index (χ0) is 25.2. The van der Waals surface area contributed by atoms with Crippen molar-refractivity contribution in [2.75, 3.05) is 0 Å². The van der Waals surface area contributed by atoms with Crippen molar-refractivity contribution in [3.8, 4) is 0 Å². The van der Waals surface area contributed by atoms with Crippen molar-refractivity contribution in [2.24, 2.45) is 40.4 Å². The van der Waals surface area contributed by atoms with E-state index in [1.54, 1.807) is 6.92 Å². The Bertz CT molecular complexity index is 1000. The number of carbonyl (C=O) groups excluding carboxylic acids is 2. The number of allylic oxidation sites excluding steroid dienone is 2. The van der Waals surface area contributed by atoms with Gasteiger partial charge in [0.15, 0.2) is 5.78 Å². The molecule has 0 aromatic carbocycles. The van der Waals surface area contributed by atoms with Crippen LogP contribution in [0.15, 0.2) is 34.9 Å². The zero-order valence-corrected chi connectivity index (χ0v) is 21.3. The maximum Gasteiger partial charge on any atom is 0.310 e. The van der Waals surface area contributed by atoms with Crippen molar-refractivity contribution < 1.29 is 24.6 Å². The monoisotopic (exact) mass is 468 g/mol. The van der Waals surface area contributed by atoms with Crippen molar-refractivity contribution in [1.29, 1.82) is 0 Å². The Morgan fingerprint density at radius 3 is 2.56 bits per heavy atom. The number of aliphatic carboxylic acids is 1. The highest BCUT2D eigenvalue weighted by Crippen LogP contribution is 2.63. The number of rotatable bonds is 6. The molecule has 8 atom stereocenters. The van der Waals surface area contributed by atoms with Crippen molar-refractivity contribution in [2.45, 2.75) is 85.7 Å². The Balaban J connectivity index is 1.62. The van der Waals surface area contributed by atoms with Gasteiger partial charge < -0.3 is 10.2 Å². The van der Waals surface area contributed by atoms with Gasteiger partial charge in [-0.25, -0.2) is 0 Å². The third kappa shape index (κ3) is 3.66. The summed E-state index contributed by atoms with van der Waals surface area (Å²) in [6.45, 7) is 14.2. The van der Waals surface area contributed by atoms with Crippen LogP contribution in [-0.2, 0) is 14.4 Å². The highest BCUT2D eigenvalue weighted by Gasteiger charge is 2.59. The van der Waals surface area contributed by atoms with E-state index in [-0.39, 0.29) is 40.2 Å². The van der Waals surface area contributed by atoms with E-state index in [9.17, 15) is 24.6 Å². The summed E-state index contributed by atoms with van der Waals surface area (Å²) in [4.78, 5) is 37.5. The van der Waals surface area contributed by atoms with E-state index < -0.39 is 18.0 Å². The number of fused-ring (bicyclic) bond motifs is 4. The lowest BCUT2D eigenvalue weighted by molar-refractivity contribution is -0.140. The summed E-state index contributed by atoms with van der Waals surface area (Å²) in [6, 6.07) is 0. The topological polar surface area (TPSA) is 91.7 Å². The lowest BCUT2D eigenvalue weighted by Gasteiger charge is -2.54. The molecular formula is C29H40O5. The van der Waals surface area contributed by atoms with Crippen LogP contribution >= 0.6 is 0 Å². The van der Waals surface area contributed by atoms with E-state index in [0.29, 0.717) is 38.0 Å². The lowest BCUT2D eigenvalue weighted by Crippen LogP contribution is -2.52. The summed E-state index contributed by atoms with van der Waals surface area (Å²) in [5.41, 5.74) is 2.87. The Morgan fingerprint density at radius 2 is 1.91 bits per heavy atom. The van der Waals surface area contributed by atoms with E-state index in [4.69, 9.17) is 0 Å². The molecule has 0 aliphatic heterocycles. The molecule has 0 radical (unpaired) electrons. The first-order valence-electron chi connectivity index (χ1n) is 12.9. The van der Waals surface area contributed by atoms with Gasteiger partial charge in [-0.15, -0.1) is 0 Å². The number of aliphatic hydroxyl groups is 1. The minimum absolute atomic E-state index is 0.00904. The van der Waals surface area contributed by atoms with Crippen LogP contribution in [0.25, 0.3) is 0 Å². The molecule has 0 amide bonds. The fourth-order valence-electron chi connectivity index (χ4n) is 7.83. The number of aliphatic hydroxyl groups excluding tert-OH is 1. The fraction of sp³-hybridized carbons (Fsp3) is 0.690. The predicted octanol–water partition coefficient (Wildman–Crippen LogP) is 5.29. The van der Waals surface area contributed by atoms with E-state index in [1.165, 1.54) is 0 Å². The second-order valence-electron chi connectivity index (χ2n) is 12.0. The molecule has 4 aliphatic carbocycles. The summed E-state index contributed by atoms with van der Waals surface area (Å²) in [5.74, 6) is -0.570. The quantitative estimate of drug-likeness (QED) is 0.517. The summed E-state index contributed by atoms with van der Waals surface area (Å²) in [7, 11) is 0. The SMILES string of the molecule is C=C(CC[C@@H](C)[C@H]1CC=C2C3=C(C(=O)C[C@@]21C)[C@@]1(C)CCC(=O)[C@@H](C)[C@H]1C[C@@H]3O)[C@@H](C)C(=O)O. The summed E-state index contributed by atoms with van der Waals surface area (Å²) in [5, 5.41) is 20.6. The first kappa shape index (κ1) is 25.1. The molecular weight excluding hydrogens is 428 g/mol. The number of hydrogen-bond donors (Lipinski definition) is 2. The molecule has 4 aliphatic rings. The minimum Gasteiger partial charge on any atom is -0.481 e. The summed E-state index contributed by atoms with van der Waals surface area (Å²) in [6.07, 6.45) is 6.07. The largest absolute Gasteiger partial charge is 0.481 e. The van der Waals surface area contributed by atoms with Gasteiger partial charge in [0.25, 0.3) is 0 Å². The molecule has 5 heteroatoms. The zero-order valence-electron chi connectivity index (χ0n) is 21.3. The highest BCUT2D eigenvalue weighted by atomic mass is 16.4. The fourth-order valence-corrected chi connectivity index (χ4v) is 7.83. The van der Waals surface area contributed by atoms with E-state index in [0.717, 1.165) is 35.1 Å². The third-order valence-corrected chi connectivity index (χ3v) is 10.2. The Morgan fingerprint density at radius 1 is 1.24 bits per heavy atom. The molecule has 2 N–H and O–H groups in total. The molecule has 0 aromatic rings. The van der Waals surface area contributed by atoms with Gasteiger partial charge in [0.05, 0.1) is 12.0 Å². The van der Waals surface area contributed by atoms with Gasteiger partial charge in [0, 0.05) is 35.2 Å². The van der Waals surface area contributed by atoms with Crippen LogP contribution in [0.3, 0.4) is 0 Å². The van der Waals surface area contributed by atoms with Gasteiger partial charge in [-0.2, -0.15) is 0 Å². The predicted molar refractivity (Wildman–Crippen MR) is 131 cm³/mol. The van der Waals surface area contributed by atoms with E-state index in [2.05, 4.69) is 33.4 Å². The van der Waals surface area contributed by atoms with Gasteiger partial charge >= 0.3 is 5.97 Å². The van der Waals surface area contributed by atoms with Crippen LogP contribution in [0.4, 0.5) is 0 Å². The Hall–Kier alpha value is -2.01. The molecule has 34 heavy (non-hydrogen) atoms. The maximum absolute atomic E-state index is 13.8. The molecule has 0 unspecified atom stereocenters. The van der Waals surface area contributed by atoms with E-state index >= 15 is 0 Å². The van der Waals surface area contributed by atoms with Crippen LogP contribution in [-0.4, -0.2) is 33.9 Å². The molecule has 1 saturated carbocycles. The van der Waals surface area contributed by atoms with Crippen LogP contribution in [0.5, 0.6) is 0 Å². The first-order valence-corrected chi connectivity index (χ1v) is 12.9. The van der Waals surface area contributed by atoms with Crippen LogP contribution in [0.1, 0.15) is 79.6 Å². The number of carboxylic acid groups (broad SMARTS) is 1. The number of carbonyl (C=O) groups is 3. The molecule has 5 nitrogen and oxygen atoms in total. The van der Waals surface area contributed by atoms with Crippen LogP contribution in [0, 0.1) is 40.4 Å². The van der Waals surface area contributed by atoms with Crippen molar-refractivity contribution >= 4 is 17.5 Å². The second-order valence-corrected chi connectivity index (χ2v) is 12.0. The molecule has 0 spiro atoms. The summed E-state index contributed by atoms with van der Waals surface area (Å²) < 4.78 is 0. The first-order chi connectivity index (χ1) is 15.8. The van der Waals surface area contributed by atoms with Crippen molar-refractivity contribution in [1.82, 2.24) is 0 Å². The number of ketones is 2. The molecule has 0 bridgehead atoms. The van der Waals surface area contributed by atoms with Gasteiger partial charge in [0.2, 0.25) is 0 Å². The molecule has 0 saturated heterocycles. The van der Waals surface area contributed by atoms with Gasteiger partial charge in [-0.3, -0.25) is 14.4 Å². The van der Waals surface area contributed by atoms with Crippen LogP contribution in [0.2, 0.25) is 0 Å². The molecule has 4 rings (SSSR count). The standard InChI is InChI=1S/C29H40O5/c1-15(17(3)27(33)34)7-8-16(2)19-9-10-20-25-23(31)13-21-18(4)22(30)11-12-28(21,5)26(25)24(32)14-29(19,20)6/h10,16-19,21,23,31H,1,7-9,11-14H2,2-6H3,(H,33,34)/t16-,17-,18+,19-,21-,23+,28+,29-/m1/s1. The van der Waals surface area contributed by atoms with Gasteiger partial charge in [-0.1, -0.05) is 45.9 Å². The lowest BCUT2D eigenvalue weighted by atomic mass is 9.49. The number of carboxylic acids is 1. The normalized spacial score (nSPS) is 39.1. The van der Waals surface area contributed by atoms with Crippen LogP contribution < -0.4 is 0 Å². The highest BCUT2D eigenvalue weighted by molar-refractivity contribution is 6.02. The molecule has 1 fully saturated rings. The maximum atomic E-state index is 13.8. The smallest absolute Gasteiger partial charge is 0.310 e. The number of hydrogen-bond acceptors (Lipinski definition) is 4. The Kier molecular flexibility index (Phi) is 6.33. The number of Topliss-reactive ketones (excluding diaryl/α,β-unsaturated/α-hetero) is 2.